The molecule has 8 rings (SSSR count). The Labute approximate surface area is 681 Å². The van der Waals surface area contributed by atoms with Gasteiger partial charge in [0, 0.05) is 42.9 Å². The molecule has 0 spiro atoms. The molecule has 0 saturated heterocycles. The van der Waals surface area contributed by atoms with Crippen molar-refractivity contribution in [2.75, 3.05) is 19.7 Å². The molecule has 20 heteroatoms. The van der Waals surface area contributed by atoms with Crippen molar-refractivity contribution in [3.63, 3.8) is 0 Å². The maximum atomic E-state index is 13.4. The molecule has 10 N–H and O–H groups in total. The minimum Gasteiger partial charge on any atom is -0.377 e. The molecule has 115 heavy (non-hydrogen) atoms. The van der Waals surface area contributed by atoms with Crippen LogP contribution in [0.25, 0.3) is 0 Å². The summed E-state index contributed by atoms with van der Waals surface area (Å²) in [5, 5.41) is 43.0. The molecule has 628 valence electrons. The lowest BCUT2D eigenvalue weighted by Gasteiger charge is -2.17. The van der Waals surface area contributed by atoms with Crippen molar-refractivity contribution >= 4 is 23.6 Å². The zero-order chi connectivity index (χ0) is 83.8. The van der Waals surface area contributed by atoms with E-state index in [9.17, 15) is 41.1 Å². The summed E-state index contributed by atoms with van der Waals surface area (Å²) in [6.45, 7) is 29.0. The van der Waals surface area contributed by atoms with Gasteiger partial charge in [-0.3, -0.25) is 40.0 Å². The van der Waals surface area contributed by atoms with Gasteiger partial charge in [-0.15, -0.1) is 0 Å². The van der Waals surface area contributed by atoms with Crippen molar-refractivity contribution in [2.24, 2.45) is 23.7 Å². The Kier molecular flexibility index (Phi) is 45.0. The minimum atomic E-state index is -0.422. The van der Waals surface area contributed by atoms with E-state index in [-0.39, 0.29) is 83.9 Å². The van der Waals surface area contributed by atoms with Gasteiger partial charge in [0.05, 0.1) is 6.61 Å². The van der Waals surface area contributed by atoms with E-state index < -0.39 is 5.91 Å². The van der Waals surface area contributed by atoms with E-state index in [1.165, 1.54) is 86.5 Å². The van der Waals surface area contributed by atoms with E-state index >= 15 is 0 Å². The first-order valence-corrected chi connectivity index (χ1v) is 40.2. The zero-order valence-corrected chi connectivity index (χ0v) is 69.4. The van der Waals surface area contributed by atoms with E-state index in [0.29, 0.717) is 80.5 Å². The molecular formula is C95H129F5N6O9. The van der Waals surface area contributed by atoms with Gasteiger partial charge in [-0.05, 0) is 334 Å². The number of rotatable bonds is 40. The number of carbonyl (C=O) groups is 4. The summed E-state index contributed by atoms with van der Waals surface area (Å²) in [4.78, 5) is 48.2. The molecule has 0 aliphatic rings. The van der Waals surface area contributed by atoms with Crippen molar-refractivity contribution < 1.29 is 66.7 Å². The van der Waals surface area contributed by atoms with Gasteiger partial charge < -0.3 is 15.4 Å². The van der Waals surface area contributed by atoms with Crippen LogP contribution in [0.1, 0.15) is 222 Å². The normalized spacial score (nSPS) is 12.2. The fourth-order valence-corrected chi connectivity index (χ4v) is 14.0. The number of hydrogen-bond acceptors (Lipinski definition) is 11. The predicted molar refractivity (Wildman–Crippen MR) is 450 cm³/mol. The molecule has 8 aromatic rings. The first-order chi connectivity index (χ1) is 54.4. The molecule has 0 fully saturated rings. The number of ether oxygens (including phenoxy) is 1. The van der Waals surface area contributed by atoms with E-state index in [1.807, 2.05) is 47.6 Å². The highest BCUT2D eigenvalue weighted by Crippen LogP contribution is 2.27. The van der Waals surface area contributed by atoms with Gasteiger partial charge in [-0.1, -0.05) is 149 Å². The molecule has 0 bridgehead atoms. The topological polar surface area (TPSA) is 231 Å². The Bertz CT molecular complexity index is 4120. The van der Waals surface area contributed by atoms with E-state index in [0.717, 1.165) is 136 Å². The number of nitrogens with one attached hydrogen (secondary N) is 6. The molecule has 5 atom stereocenters. The monoisotopic (exact) mass is 1590 g/mol. The Morgan fingerprint density at radius 3 is 1.12 bits per heavy atom. The number of amides is 4. The first-order valence-electron chi connectivity index (χ1n) is 40.2. The average Bonchev–Trinajstić information content (AvgIpc) is 0.848. The molecular weight excluding hydrogens is 1460 g/mol. The highest BCUT2D eigenvalue weighted by atomic mass is 19.1. The quantitative estimate of drug-likeness (QED) is 0.00751. The van der Waals surface area contributed by atoms with Crippen molar-refractivity contribution in [3.8, 4) is 0 Å². The fraction of sp³-hybridized carbons (Fsp3) is 0.453. The van der Waals surface area contributed by atoms with Crippen molar-refractivity contribution in [1.82, 2.24) is 32.6 Å². The number of hydrogen-bond donors (Lipinski definition) is 10. The van der Waals surface area contributed by atoms with Crippen LogP contribution in [-0.4, -0.2) is 64.2 Å². The lowest BCUT2D eigenvalue weighted by atomic mass is 9.90. The Morgan fingerprint density at radius 1 is 0.348 bits per heavy atom. The second-order valence-electron chi connectivity index (χ2n) is 30.9. The zero-order valence-electron chi connectivity index (χ0n) is 69.4. The van der Waals surface area contributed by atoms with E-state index in [4.69, 9.17) is 25.6 Å². The van der Waals surface area contributed by atoms with Gasteiger partial charge in [-0.25, -0.2) is 43.9 Å². The Morgan fingerprint density at radius 2 is 0.687 bits per heavy atom. The summed E-state index contributed by atoms with van der Waals surface area (Å²) in [7, 11) is 0. The third-order valence-electron chi connectivity index (χ3n) is 21.7. The first kappa shape index (κ1) is 98.4. The predicted octanol–water partition coefficient (Wildman–Crippen LogP) is 20.5. The molecule has 0 heterocycles. The van der Waals surface area contributed by atoms with Crippen molar-refractivity contribution in [3.05, 3.63) is 280 Å². The number of benzene rings is 8. The fourth-order valence-electron chi connectivity index (χ4n) is 14.0. The van der Waals surface area contributed by atoms with Crippen LogP contribution in [0.15, 0.2) is 140 Å². The van der Waals surface area contributed by atoms with Crippen LogP contribution >= 0.6 is 0 Å². The van der Waals surface area contributed by atoms with Crippen molar-refractivity contribution in [1.29, 1.82) is 0 Å². The van der Waals surface area contributed by atoms with Crippen LogP contribution in [0.5, 0.6) is 0 Å². The summed E-state index contributed by atoms with van der Waals surface area (Å²) in [6, 6.07) is 41.5. The maximum Gasteiger partial charge on any atom is 0.246 e. The highest BCUT2D eigenvalue weighted by Gasteiger charge is 2.23. The van der Waals surface area contributed by atoms with Crippen LogP contribution < -0.4 is 32.6 Å². The van der Waals surface area contributed by atoms with Gasteiger partial charge in [-0.2, -0.15) is 0 Å². The van der Waals surface area contributed by atoms with Gasteiger partial charge in [0.25, 0.3) is 0 Å². The van der Waals surface area contributed by atoms with Crippen LogP contribution in [-0.2, 0) is 69.2 Å². The SMILES string of the molecule is C.Cc1cc(CCCCCC[C@@H](Cc2cc(C)c(C)c(C)c2)C(=O)NO)ccc1F.Cc1cc(COCCCC[C@@H](Cc2cc(C)c(C)c(C)c2)C(=O)NO)ccc1F.Cc1cc(C[C@H](CCCCNC(C)c2ccc(F)cc2)C(=O)NO)ccc1F.Cc1ccc(C[C@H](CCCCNCc2ccc(F)c(C)c2)C(=O)NO)cc1C. The molecule has 1 unspecified atom stereocenters. The van der Waals surface area contributed by atoms with Gasteiger partial charge in [0.15, 0.2) is 0 Å². The third-order valence-corrected chi connectivity index (χ3v) is 21.7. The summed E-state index contributed by atoms with van der Waals surface area (Å²) < 4.78 is 72.0. The minimum absolute atomic E-state index is 0. The van der Waals surface area contributed by atoms with Gasteiger partial charge >= 0.3 is 0 Å². The summed E-state index contributed by atoms with van der Waals surface area (Å²) in [5.41, 5.74) is 28.0. The number of aryl methyl sites for hydroxylation is 11. The molecule has 4 amide bonds. The van der Waals surface area contributed by atoms with E-state index in [2.05, 4.69) is 102 Å². The summed E-state index contributed by atoms with van der Waals surface area (Å²) in [5.74, 6) is -3.57. The molecule has 0 saturated carbocycles. The number of halogens is 5. The molecule has 0 aliphatic carbocycles. The summed E-state index contributed by atoms with van der Waals surface area (Å²) in [6.07, 6.45) is 15.3. The maximum absolute atomic E-state index is 13.4. The Hall–Kier alpha value is -8.99. The number of carbonyl (C=O) groups excluding carboxylic acids is 4. The number of unbranched alkanes of at least 4 members (excludes halogenated alkanes) is 6. The van der Waals surface area contributed by atoms with Gasteiger partial charge in [0.1, 0.15) is 29.1 Å². The molecule has 15 nitrogen and oxygen atoms in total. The molecule has 0 aromatic heterocycles. The number of hydroxylamine groups is 4. The molecule has 0 aliphatic heterocycles. The van der Waals surface area contributed by atoms with Crippen LogP contribution in [0, 0.1) is 136 Å². The molecule has 0 radical (unpaired) electrons. The van der Waals surface area contributed by atoms with Crippen LogP contribution in [0.4, 0.5) is 22.0 Å². The summed E-state index contributed by atoms with van der Waals surface area (Å²) >= 11 is 0. The second kappa shape index (κ2) is 52.6. The molecule has 8 aromatic carbocycles. The Balaban J connectivity index is 0.000000322. The van der Waals surface area contributed by atoms with Gasteiger partial charge in [0.2, 0.25) is 23.6 Å². The van der Waals surface area contributed by atoms with Crippen LogP contribution in [0.3, 0.4) is 0 Å². The third kappa shape index (κ3) is 35.6. The smallest absolute Gasteiger partial charge is 0.246 e. The largest absolute Gasteiger partial charge is 0.377 e. The average molecular weight is 1590 g/mol. The lowest BCUT2D eigenvalue weighted by Crippen LogP contribution is -2.29. The highest BCUT2D eigenvalue weighted by molar-refractivity contribution is 5.79. The van der Waals surface area contributed by atoms with Crippen molar-refractivity contribution in [2.45, 2.75) is 239 Å². The standard InChI is InChI=1S/C25H34FNO2.C24H32FNO3.C23H31FN2O2.C22H28F2N2O2.CH4/c1-17-13-22(14-18(2)20(17)4)16-23(25(28)27-29)10-8-6-5-7-9-21-11-12-24(26)19(3)15-21;1-16-11-21(12-17(2)19(16)4)14-22(24(27)26-28)7-5-6-10-29-15-20-8-9-23(25)18(3)13-20;1-16-7-8-19(12-17(16)2)14-21(23(27)26-28)6-4-5-11-25-15-20-9-10-22(24)18(3)13-20;1-15-13-17(6-11-21(15)24)14-19(22(27)26-28)5-3-4-12-25-16(2)18-7-9-20(23)10-8-18;/h11-15,23,29H,5-10,16H2,1-4H3,(H,27,28);8-9,11-13,22,28H,5-7,10,14-15H2,1-4H3,(H,26,27);7-10,12-13,21,25,28H,4-6,11,14-15H2,1-3H3,(H,26,27);6-11,13,16,19,25,28H,3-5,12,14H2,1-2H3,(H,26,27);1H4/t23-;22-;21-;16?,19-;/m0000./s1. The second-order valence-corrected chi connectivity index (χ2v) is 30.9. The van der Waals surface area contributed by atoms with Crippen LogP contribution in [0.2, 0.25) is 0 Å². The lowest BCUT2D eigenvalue weighted by molar-refractivity contribution is -0.134. The van der Waals surface area contributed by atoms with E-state index in [1.54, 1.807) is 75.6 Å².